The molecular weight excluding hydrogens is 288 g/mol. The van der Waals surface area contributed by atoms with Crippen LogP contribution in [0.2, 0.25) is 0 Å². The van der Waals surface area contributed by atoms with E-state index in [1.165, 1.54) is 0 Å². The molecule has 0 aliphatic rings. The average molecular weight is 308 g/mol. The van der Waals surface area contributed by atoms with Crippen LogP contribution < -0.4 is 11.1 Å². The van der Waals surface area contributed by atoms with Crippen molar-refractivity contribution in [3.05, 3.63) is 77.9 Å². The van der Waals surface area contributed by atoms with Gasteiger partial charge in [0.2, 0.25) is 11.8 Å². The van der Waals surface area contributed by atoms with E-state index in [1.807, 2.05) is 72.8 Å². The number of benzene rings is 2. The summed E-state index contributed by atoms with van der Waals surface area (Å²) in [4.78, 5) is 23.5. The molecule has 2 aromatic carbocycles. The van der Waals surface area contributed by atoms with E-state index < -0.39 is 11.9 Å². The molecule has 3 N–H and O–H groups in total. The lowest BCUT2D eigenvalue weighted by atomic mass is 10.1. The molecule has 2 amide bonds. The van der Waals surface area contributed by atoms with Gasteiger partial charge in [-0.25, -0.2) is 0 Å². The number of rotatable bonds is 7. The molecule has 0 bridgehead atoms. The molecular formula is C19H20N2O2. The van der Waals surface area contributed by atoms with Gasteiger partial charge in [-0.15, -0.1) is 0 Å². The van der Waals surface area contributed by atoms with Gasteiger partial charge in [0, 0.05) is 0 Å². The van der Waals surface area contributed by atoms with Gasteiger partial charge in [0.1, 0.15) is 6.04 Å². The first kappa shape index (κ1) is 16.5. The SMILES string of the molecule is NC(=O)[C@@H](C/C=C/c1ccccc1)NC(=O)Cc1ccccc1. The van der Waals surface area contributed by atoms with Gasteiger partial charge in [-0.2, -0.15) is 0 Å². The standard InChI is InChI=1S/C19H20N2O2/c20-19(23)17(13-7-12-15-8-3-1-4-9-15)21-18(22)14-16-10-5-2-6-11-16/h1-12,17H,13-14H2,(H2,20,23)(H,21,22)/b12-7+/t17-/m1/s1. The highest BCUT2D eigenvalue weighted by Crippen LogP contribution is 2.04. The third-order valence-electron chi connectivity index (χ3n) is 3.37. The minimum Gasteiger partial charge on any atom is -0.368 e. The van der Waals surface area contributed by atoms with E-state index in [2.05, 4.69) is 5.32 Å². The first-order valence-electron chi connectivity index (χ1n) is 7.49. The maximum atomic E-state index is 12.0. The second-order valence-corrected chi connectivity index (χ2v) is 5.23. The largest absolute Gasteiger partial charge is 0.368 e. The minimum absolute atomic E-state index is 0.215. The van der Waals surface area contributed by atoms with Gasteiger partial charge in [0.15, 0.2) is 0 Å². The second-order valence-electron chi connectivity index (χ2n) is 5.23. The normalized spacial score (nSPS) is 12.0. The summed E-state index contributed by atoms with van der Waals surface area (Å²) in [5.74, 6) is -0.753. The fourth-order valence-electron chi connectivity index (χ4n) is 2.18. The molecule has 118 valence electrons. The van der Waals surface area contributed by atoms with Crippen LogP contribution in [0.1, 0.15) is 17.5 Å². The molecule has 0 aliphatic heterocycles. The van der Waals surface area contributed by atoms with E-state index in [4.69, 9.17) is 5.73 Å². The lowest BCUT2D eigenvalue weighted by molar-refractivity contribution is -0.126. The molecule has 0 aromatic heterocycles. The molecule has 23 heavy (non-hydrogen) atoms. The zero-order valence-electron chi connectivity index (χ0n) is 12.8. The Morgan fingerprint density at radius 2 is 1.61 bits per heavy atom. The molecule has 0 saturated carbocycles. The topological polar surface area (TPSA) is 72.2 Å². The van der Waals surface area contributed by atoms with E-state index in [0.29, 0.717) is 6.42 Å². The van der Waals surface area contributed by atoms with Crippen molar-refractivity contribution in [2.24, 2.45) is 5.73 Å². The second kappa shape index (κ2) is 8.54. The van der Waals surface area contributed by atoms with Crippen molar-refractivity contribution in [1.82, 2.24) is 5.32 Å². The summed E-state index contributed by atoms with van der Waals surface area (Å²) in [6.45, 7) is 0. The highest BCUT2D eigenvalue weighted by Gasteiger charge is 2.16. The van der Waals surface area contributed by atoms with E-state index in [-0.39, 0.29) is 12.3 Å². The average Bonchev–Trinajstić information content (AvgIpc) is 2.55. The van der Waals surface area contributed by atoms with Crippen molar-refractivity contribution >= 4 is 17.9 Å². The molecule has 4 nitrogen and oxygen atoms in total. The molecule has 0 fully saturated rings. The van der Waals surface area contributed by atoms with Crippen LogP contribution in [0.25, 0.3) is 6.08 Å². The van der Waals surface area contributed by atoms with Crippen molar-refractivity contribution in [2.75, 3.05) is 0 Å². The van der Waals surface area contributed by atoms with Gasteiger partial charge in [-0.05, 0) is 17.5 Å². The molecule has 0 saturated heterocycles. The lowest BCUT2D eigenvalue weighted by Crippen LogP contribution is -2.44. The monoisotopic (exact) mass is 308 g/mol. The van der Waals surface area contributed by atoms with Gasteiger partial charge in [0.05, 0.1) is 6.42 Å². The van der Waals surface area contributed by atoms with Crippen LogP contribution >= 0.6 is 0 Å². The number of carbonyl (C=O) groups is 2. The van der Waals surface area contributed by atoms with Crippen LogP contribution in [0.3, 0.4) is 0 Å². The fourth-order valence-corrected chi connectivity index (χ4v) is 2.18. The van der Waals surface area contributed by atoms with E-state index >= 15 is 0 Å². The van der Waals surface area contributed by atoms with Crippen LogP contribution in [0.15, 0.2) is 66.7 Å². The van der Waals surface area contributed by atoms with Crippen molar-refractivity contribution < 1.29 is 9.59 Å². The molecule has 2 rings (SSSR count). The summed E-state index contributed by atoms with van der Waals surface area (Å²) in [5, 5.41) is 2.69. The Balaban J connectivity index is 1.89. The molecule has 4 heteroatoms. The number of hydrogen-bond donors (Lipinski definition) is 2. The van der Waals surface area contributed by atoms with Crippen LogP contribution in [-0.4, -0.2) is 17.9 Å². The van der Waals surface area contributed by atoms with Gasteiger partial charge in [-0.1, -0.05) is 72.8 Å². The first-order valence-corrected chi connectivity index (χ1v) is 7.49. The molecule has 0 unspecified atom stereocenters. The van der Waals surface area contributed by atoms with Gasteiger partial charge in [0.25, 0.3) is 0 Å². The third kappa shape index (κ3) is 5.79. The van der Waals surface area contributed by atoms with Crippen LogP contribution in [0.5, 0.6) is 0 Å². The maximum Gasteiger partial charge on any atom is 0.240 e. The Morgan fingerprint density at radius 1 is 1.00 bits per heavy atom. The smallest absolute Gasteiger partial charge is 0.240 e. The first-order chi connectivity index (χ1) is 11.1. The summed E-state index contributed by atoms with van der Waals surface area (Å²) in [6, 6.07) is 18.4. The van der Waals surface area contributed by atoms with Crippen LogP contribution in [-0.2, 0) is 16.0 Å². The highest BCUT2D eigenvalue weighted by molar-refractivity contribution is 5.87. The highest BCUT2D eigenvalue weighted by atomic mass is 16.2. The van der Waals surface area contributed by atoms with E-state index in [9.17, 15) is 9.59 Å². The summed E-state index contributed by atoms with van der Waals surface area (Å²) < 4.78 is 0. The molecule has 0 aliphatic carbocycles. The van der Waals surface area contributed by atoms with Crippen molar-refractivity contribution in [3.63, 3.8) is 0 Å². The lowest BCUT2D eigenvalue weighted by Gasteiger charge is -2.13. The van der Waals surface area contributed by atoms with Gasteiger partial charge in [-0.3, -0.25) is 9.59 Å². The minimum atomic E-state index is -0.703. The quantitative estimate of drug-likeness (QED) is 0.824. The predicted molar refractivity (Wildman–Crippen MR) is 91.4 cm³/mol. The van der Waals surface area contributed by atoms with E-state index in [0.717, 1.165) is 11.1 Å². The maximum absolute atomic E-state index is 12.0. The van der Waals surface area contributed by atoms with E-state index in [1.54, 1.807) is 0 Å². The molecule has 0 spiro atoms. The van der Waals surface area contributed by atoms with Gasteiger partial charge >= 0.3 is 0 Å². The Kier molecular flexibility index (Phi) is 6.12. The number of carbonyl (C=O) groups excluding carboxylic acids is 2. The zero-order valence-corrected chi connectivity index (χ0v) is 12.8. The summed E-state index contributed by atoms with van der Waals surface area (Å²) in [5.41, 5.74) is 7.30. The Hall–Kier alpha value is -2.88. The molecule has 0 radical (unpaired) electrons. The summed E-state index contributed by atoms with van der Waals surface area (Å²) >= 11 is 0. The number of amides is 2. The number of primary amides is 1. The Labute approximate surface area is 136 Å². The molecule has 2 aromatic rings. The summed E-state index contributed by atoms with van der Waals surface area (Å²) in [6.07, 6.45) is 4.34. The number of nitrogens with one attached hydrogen (secondary N) is 1. The van der Waals surface area contributed by atoms with Crippen molar-refractivity contribution in [2.45, 2.75) is 18.9 Å². The number of nitrogens with two attached hydrogens (primary N) is 1. The van der Waals surface area contributed by atoms with Gasteiger partial charge < -0.3 is 11.1 Å². The van der Waals surface area contributed by atoms with Crippen molar-refractivity contribution in [1.29, 1.82) is 0 Å². The fraction of sp³-hybridized carbons (Fsp3) is 0.158. The molecule has 1 atom stereocenters. The number of hydrogen-bond acceptors (Lipinski definition) is 2. The zero-order chi connectivity index (χ0) is 16.5. The Bertz CT molecular complexity index is 666. The third-order valence-corrected chi connectivity index (χ3v) is 3.37. The summed E-state index contributed by atoms with van der Waals surface area (Å²) in [7, 11) is 0. The van der Waals surface area contributed by atoms with Crippen molar-refractivity contribution in [3.8, 4) is 0 Å². The van der Waals surface area contributed by atoms with Crippen LogP contribution in [0, 0.1) is 0 Å². The Morgan fingerprint density at radius 3 is 2.22 bits per heavy atom. The van der Waals surface area contributed by atoms with Crippen LogP contribution in [0.4, 0.5) is 0 Å². The molecule has 0 heterocycles. The predicted octanol–water partition coefficient (Wildman–Crippen LogP) is 2.30.